The maximum absolute atomic E-state index is 12.1. The molecule has 6 heteroatoms. The summed E-state index contributed by atoms with van der Waals surface area (Å²) >= 11 is 3.29. The molecule has 0 spiro atoms. The van der Waals surface area contributed by atoms with Gasteiger partial charge >= 0.3 is 5.97 Å². The summed E-state index contributed by atoms with van der Waals surface area (Å²) in [6.07, 6.45) is 5.21. The monoisotopic (exact) mass is 382 g/mol. The molecule has 1 amide bonds. The van der Waals surface area contributed by atoms with Crippen LogP contribution in [0.5, 0.6) is 0 Å². The Morgan fingerprint density at radius 3 is 2.74 bits per heavy atom. The van der Waals surface area contributed by atoms with Gasteiger partial charge in [0.25, 0.3) is 5.91 Å². The number of nitrogens with one attached hydrogen (secondary N) is 1. The number of halogens is 1. The molecule has 0 unspecified atom stereocenters. The van der Waals surface area contributed by atoms with E-state index in [9.17, 15) is 9.59 Å². The van der Waals surface area contributed by atoms with Gasteiger partial charge in [-0.2, -0.15) is 0 Å². The van der Waals surface area contributed by atoms with E-state index in [0.29, 0.717) is 18.2 Å². The van der Waals surface area contributed by atoms with E-state index in [2.05, 4.69) is 21.2 Å². The van der Waals surface area contributed by atoms with Gasteiger partial charge in [0.1, 0.15) is 0 Å². The topological polar surface area (TPSA) is 81.4 Å². The van der Waals surface area contributed by atoms with Crippen LogP contribution in [0.25, 0.3) is 0 Å². The minimum absolute atomic E-state index is 0.256. The van der Waals surface area contributed by atoms with Crippen molar-refractivity contribution in [1.82, 2.24) is 5.32 Å². The summed E-state index contributed by atoms with van der Waals surface area (Å²) in [5.41, 5.74) is 6.36. The highest BCUT2D eigenvalue weighted by Gasteiger charge is 2.22. The van der Waals surface area contributed by atoms with E-state index >= 15 is 0 Å². The second-order valence-corrected chi connectivity index (χ2v) is 6.94. The Labute approximate surface area is 145 Å². The van der Waals surface area contributed by atoms with Crippen LogP contribution in [-0.4, -0.2) is 24.5 Å². The fourth-order valence-electron chi connectivity index (χ4n) is 2.76. The molecule has 126 valence electrons. The third-order valence-corrected chi connectivity index (χ3v) is 4.67. The maximum Gasteiger partial charge on any atom is 0.341 e. The van der Waals surface area contributed by atoms with Crippen molar-refractivity contribution in [2.24, 2.45) is 5.92 Å². The zero-order valence-corrected chi connectivity index (χ0v) is 14.9. The number of ether oxygens (including phenoxy) is 1. The minimum atomic E-state index is -0.843. The number of carbonyl (C=O) groups excluding carboxylic acids is 2. The van der Waals surface area contributed by atoms with Crippen molar-refractivity contribution in [3.63, 3.8) is 0 Å². The van der Waals surface area contributed by atoms with Crippen molar-refractivity contribution in [1.29, 1.82) is 0 Å². The van der Waals surface area contributed by atoms with Crippen LogP contribution < -0.4 is 11.1 Å². The highest BCUT2D eigenvalue weighted by molar-refractivity contribution is 9.10. The Morgan fingerprint density at radius 1 is 1.35 bits per heavy atom. The zero-order chi connectivity index (χ0) is 16.8. The average Bonchev–Trinajstić information content (AvgIpc) is 2.55. The van der Waals surface area contributed by atoms with Crippen LogP contribution in [-0.2, 0) is 9.53 Å². The summed E-state index contributed by atoms with van der Waals surface area (Å²) in [5, 5.41) is 2.88. The van der Waals surface area contributed by atoms with Gasteiger partial charge in [0.2, 0.25) is 0 Å². The third kappa shape index (κ3) is 5.23. The molecule has 5 nitrogen and oxygen atoms in total. The first-order chi connectivity index (χ1) is 11.0. The molecular formula is C17H23BrN2O3. The van der Waals surface area contributed by atoms with Crippen LogP contribution in [0.3, 0.4) is 0 Å². The Morgan fingerprint density at radius 2 is 2.04 bits per heavy atom. The molecule has 0 aromatic heterocycles. The summed E-state index contributed by atoms with van der Waals surface area (Å²) in [6.45, 7) is 2.22. The number of carbonyl (C=O) groups is 2. The van der Waals surface area contributed by atoms with Crippen LogP contribution in [0.2, 0.25) is 0 Å². The number of nitrogens with two attached hydrogens (primary N) is 1. The number of rotatable bonds is 5. The lowest BCUT2D eigenvalue weighted by Gasteiger charge is -2.22. The Hall–Kier alpha value is -1.56. The van der Waals surface area contributed by atoms with Crippen molar-refractivity contribution < 1.29 is 14.3 Å². The fourth-order valence-corrected chi connectivity index (χ4v) is 3.12. The van der Waals surface area contributed by atoms with E-state index in [1.165, 1.54) is 19.3 Å². The lowest BCUT2D eigenvalue weighted by atomic mass is 9.89. The summed E-state index contributed by atoms with van der Waals surface area (Å²) in [6, 6.07) is 4.95. The van der Waals surface area contributed by atoms with E-state index in [-0.39, 0.29) is 11.5 Å². The van der Waals surface area contributed by atoms with Crippen molar-refractivity contribution in [2.45, 2.75) is 45.1 Å². The van der Waals surface area contributed by atoms with Gasteiger partial charge in [-0.1, -0.05) is 35.2 Å². The van der Waals surface area contributed by atoms with Crippen LogP contribution in [0.4, 0.5) is 5.69 Å². The summed E-state index contributed by atoms with van der Waals surface area (Å²) in [4.78, 5) is 24.2. The first kappa shape index (κ1) is 17.8. The Kier molecular flexibility index (Phi) is 6.45. The molecule has 0 heterocycles. The summed E-state index contributed by atoms with van der Waals surface area (Å²) in [5.74, 6) is -0.321. The van der Waals surface area contributed by atoms with E-state index in [4.69, 9.17) is 10.5 Å². The predicted octanol–water partition coefficient (Wildman–Crippen LogP) is 3.27. The highest BCUT2D eigenvalue weighted by Crippen LogP contribution is 2.23. The van der Waals surface area contributed by atoms with E-state index in [0.717, 1.165) is 17.3 Å². The van der Waals surface area contributed by atoms with E-state index in [1.54, 1.807) is 25.1 Å². The molecule has 1 aromatic carbocycles. The summed E-state index contributed by atoms with van der Waals surface area (Å²) < 4.78 is 5.95. The largest absolute Gasteiger partial charge is 0.449 e. The number of anilines is 1. The number of benzene rings is 1. The summed E-state index contributed by atoms with van der Waals surface area (Å²) in [7, 11) is 0. The standard InChI is InChI=1S/C17H23BrN2O3/c1-11(16(21)20-10-12-5-3-2-4-6-12)23-17(22)14-9-13(18)7-8-15(14)19/h7-9,11-12H,2-6,10,19H2,1H3,(H,20,21)/t11-/m1/s1. The van der Waals surface area contributed by atoms with Crippen molar-refractivity contribution in [3.8, 4) is 0 Å². The van der Waals surface area contributed by atoms with Crippen LogP contribution >= 0.6 is 15.9 Å². The molecule has 3 N–H and O–H groups in total. The molecule has 0 radical (unpaired) electrons. The first-order valence-corrected chi connectivity index (χ1v) is 8.80. The van der Waals surface area contributed by atoms with E-state index < -0.39 is 12.1 Å². The number of hydrogen-bond acceptors (Lipinski definition) is 4. The first-order valence-electron chi connectivity index (χ1n) is 8.01. The van der Waals surface area contributed by atoms with Gasteiger partial charge in [0.05, 0.1) is 5.56 Å². The highest BCUT2D eigenvalue weighted by atomic mass is 79.9. The molecule has 0 saturated heterocycles. The van der Waals surface area contributed by atoms with Crippen molar-refractivity contribution in [3.05, 3.63) is 28.2 Å². The van der Waals surface area contributed by atoms with Gasteiger partial charge in [0, 0.05) is 16.7 Å². The van der Waals surface area contributed by atoms with Crippen LogP contribution in [0.15, 0.2) is 22.7 Å². The van der Waals surface area contributed by atoms with Gasteiger partial charge in [-0.3, -0.25) is 4.79 Å². The smallest absolute Gasteiger partial charge is 0.341 e. The third-order valence-electron chi connectivity index (χ3n) is 4.18. The molecule has 2 rings (SSSR count). The van der Waals surface area contributed by atoms with Crippen LogP contribution in [0, 0.1) is 5.92 Å². The van der Waals surface area contributed by atoms with Gasteiger partial charge in [-0.05, 0) is 43.9 Å². The molecule has 1 aromatic rings. The number of nitrogen functional groups attached to an aromatic ring is 1. The minimum Gasteiger partial charge on any atom is -0.449 e. The Bertz CT molecular complexity index is 571. The van der Waals surface area contributed by atoms with Gasteiger partial charge in [-0.25, -0.2) is 4.79 Å². The lowest BCUT2D eigenvalue weighted by molar-refractivity contribution is -0.129. The number of amides is 1. The second kappa shape index (κ2) is 8.34. The number of hydrogen-bond donors (Lipinski definition) is 2. The normalized spacial score (nSPS) is 16.6. The molecule has 0 aliphatic heterocycles. The van der Waals surface area contributed by atoms with Gasteiger partial charge in [0.15, 0.2) is 6.10 Å². The maximum atomic E-state index is 12.1. The van der Waals surface area contributed by atoms with Crippen molar-refractivity contribution >= 4 is 33.5 Å². The van der Waals surface area contributed by atoms with Gasteiger partial charge in [-0.15, -0.1) is 0 Å². The SMILES string of the molecule is C[C@@H](OC(=O)c1cc(Br)ccc1N)C(=O)NCC1CCCCC1. The van der Waals surface area contributed by atoms with Crippen molar-refractivity contribution in [2.75, 3.05) is 12.3 Å². The lowest BCUT2D eigenvalue weighted by Crippen LogP contribution is -2.38. The molecule has 1 fully saturated rings. The van der Waals surface area contributed by atoms with Crippen LogP contribution in [0.1, 0.15) is 49.4 Å². The fraction of sp³-hybridized carbons (Fsp3) is 0.529. The number of esters is 1. The molecule has 0 bridgehead atoms. The molecule has 1 aliphatic carbocycles. The molecule has 1 aliphatic rings. The zero-order valence-electron chi connectivity index (χ0n) is 13.3. The molecular weight excluding hydrogens is 360 g/mol. The Balaban J connectivity index is 1.84. The second-order valence-electron chi connectivity index (χ2n) is 6.03. The molecule has 23 heavy (non-hydrogen) atoms. The molecule has 1 atom stereocenters. The predicted molar refractivity (Wildman–Crippen MR) is 93.0 cm³/mol. The van der Waals surface area contributed by atoms with E-state index in [1.807, 2.05) is 0 Å². The average molecular weight is 383 g/mol. The quantitative estimate of drug-likeness (QED) is 0.604. The van der Waals surface area contributed by atoms with Gasteiger partial charge < -0.3 is 15.8 Å². The molecule has 1 saturated carbocycles.